The van der Waals surface area contributed by atoms with Crippen molar-refractivity contribution >= 4 is 11.9 Å². The van der Waals surface area contributed by atoms with Crippen molar-refractivity contribution in [3.8, 4) is 5.75 Å². The molecule has 138 valence electrons. The van der Waals surface area contributed by atoms with E-state index in [2.05, 4.69) is 18.7 Å². The van der Waals surface area contributed by atoms with Gasteiger partial charge in [-0.1, -0.05) is 13.8 Å². The summed E-state index contributed by atoms with van der Waals surface area (Å²) in [5, 5.41) is 9.23. The van der Waals surface area contributed by atoms with Crippen molar-refractivity contribution in [2.75, 3.05) is 26.2 Å². The predicted octanol–water partition coefficient (Wildman–Crippen LogP) is 2.48. The number of carbonyl (C=O) groups is 2. The molecule has 0 heterocycles. The second-order valence-corrected chi connectivity index (χ2v) is 6.36. The lowest BCUT2D eigenvalue weighted by molar-refractivity contribution is -0.141. The molecule has 2 rings (SSSR count). The van der Waals surface area contributed by atoms with E-state index < -0.39 is 12.0 Å². The van der Waals surface area contributed by atoms with Gasteiger partial charge in [0.25, 0.3) is 5.91 Å². The fraction of sp³-hybridized carbons (Fsp3) is 0.579. The van der Waals surface area contributed by atoms with Crippen LogP contribution in [-0.2, 0) is 4.79 Å². The normalized spacial score (nSPS) is 15.0. The summed E-state index contributed by atoms with van der Waals surface area (Å²) in [6.07, 6.45) is 1.74. The number of aliphatic carboxylic acids is 1. The van der Waals surface area contributed by atoms with E-state index in [-0.39, 0.29) is 11.9 Å². The Morgan fingerprint density at radius 2 is 1.80 bits per heavy atom. The van der Waals surface area contributed by atoms with Crippen LogP contribution in [0.4, 0.5) is 0 Å². The van der Waals surface area contributed by atoms with Crippen LogP contribution in [0.1, 0.15) is 44.0 Å². The van der Waals surface area contributed by atoms with Crippen molar-refractivity contribution in [2.45, 2.75) is 45.7 Å². The quantitative estimate of drug-likeness (QED) is 0.703. The molecule has 0 saturated heterocycles. The molecule has 6 nitrogen and oxygen atoms in total. The Hall–Kier alpha value is -2.08. The number of ether oxygens (including phenoxy) is 1. The third kappa shape index (κ3) is 5.19. The molecule has 0 aliphatic heterocycles. The number of carbonyl (C=O) groups excluding carboxylic acids is 1. The van der Waals surface area contributed by atoms with E-state index in [4.69, 9.17) is 4.74 Å². The van der Waals surface area contributed by atoms with E-state index in [1.807, 2.05) is 0 Å². The third-order valence-corrected chi connectivity index (χ3v) is 4.62. The molecule has 0 spiro atoms. The molecule has 0 aromatic heterocycles. The molecule has 1 aliphatic carbocycles. The zero-order chi connectivity index (χ0) is 18.4. The van der Waals surface area contributed by atoms with Crippen molar-refractivity contribution in [1.29, 1.82) is 0 Å². The van der Waals surface area contributed by atoms with Crippen molar-refractivity contribution in [2.24, 2.45) is 0 Å². The van der Waals surface area contributed by atoms with Gasteiger partial charge in [0.15, 0.2) is 0 Å². The molecule has 1 aliphatic rings. The first-order chi connectivity index (χ1) is 12.0. The average Bonchev–Trinajstić information content (AvgIpc) is 3.44. The number of rotatable bonds is 10. The highest BCUT2D eigenvalue weighted by Gasteiger charge is 2.38. The van der Waals surface area contributed by atoms with Crippen LogP contribution in [0.2, 0.25) is 0 Å². The first kappa shape index (κ1) is 19.2. The zero-order valence-corrected chi connectivity index (χ0v) is 15.3. The molecule has 0 radical (unpaired) electrons. The minimum Gasteiger partial charge on any atom is -0.492 e. The molecule has 0 bridgehead atoms. The molecule has 1 atom stereocenters. The van der Waals surface area contributed by atoms with Crippen LogP contribution >= 0.6 is 0 Å². The van der Waals surface area contributed by atoms with Crippen molar-refractivity contribution in [3.63, 3.8) is 0 Å². The second kappa shape index (κ2) is 8.85. The predicted molar refractivity (Wildman–Crippen MR) is 96.0 cm³/mol. The number of hydrogen-bond donors (Lipinski definition) is 1. The van der Waals surface area contributed by atoms with E-state index >= 15 is 0 Å². The molecule has 1 amide bonds. The summed E-state index contributed by atoms with van der Waals surface area (Å²) in [6, 6.07) is 6.18. The Bertz CT molecular complexity index is 580. The van der Waals surface area contributed by atoms with E-state index in [1.54, 1.807) is 31.2 Å². The molecule has 25 heavy (non-hydrogen) atoms. The second-order valence-electron chi connectivity index (χ2n) is 6.36. The fourth-order valence-corrected chi connectivity index (χ4v) is 2.80. The summed E-state index contributed by atoms with van der Waals surface area (Å²) in [5.74, 6) is -0.489. The standard InChI is InChI=1S/C19H28N2O4/c1-4-20(5-2)12-13-25-17-10-6-15(7-11-17)18(22)21(16-8-9-16)14(3)19(23)24/h6-7,10-11,14,16H,4-5,8-9,12-13H2,1-3H3,(H,23,24). The first-order valence-corrected chi connectivity index (χ1v) is 8.98. The Labute approximate surface area is 149 Å². The SMILES string of the molecule is CCN(CC)CCOc1ccc(C(=O)N(C2CC2)C(C)C(=O)O)cc1. The van der Waals surface area contributed by atoms with Crippen molar-refractivity contribution in [3.05, 3.63) is 29.8 Å². The minimum atomic E-state index is -0.975. The van der Waals surface area contributed by atoms with Gasteiger partial charge in [-0.25, -0.2) is 4.79 Å². The molecule has 1 unspecified atom stereocenters. The molecular formula is C19H28N2O4. The number of benzene rings is 1. The lowest BCUT2D eigenvalue weighted by Crippen LogP contribution is -2.44. The maximum absolute atomic E-state index is 12.7. The van der Waals surface area contributed by atoms with E-state index in [9.17, 15) is 14.7 Å². The fourth-order valence-electron chi connectivity index (χ4n) is 2.80. The molecule has 1 saturated carbocycles. The largest absolute Gasteiger partial charge is 0.492 e. The monoisotopic (exact) mass is 348 g/mol. The van der Waals surface area contributed by atoms with E-state index in [0.29, 0.717) is 17.9 Å². The highest BCUT2D eigenvalue weighted by atomic mass is 16.5. The number of nitrogens with zero attached hydrogens (tertiary/aromatic N) is 2. The summed E-state index contributed by atoms with van der Waals surface area (Å²) >= 11 is 0. The average molecular weight is 348 g/mol. The number of likely N-dealkylation sites (N-methyl/N-ethyl adjacent to an activating group) is 1. The summed E-state index contributed by atoms with van der Waals surface area (Å²) in [5.41, 5.74) is 0.496. The minimum absolute atomic E-state index is 0.0450. The van der Waals surface area contributed by atoms with Gasteiger partial charge in [0.2, 0.25) is 0 Å². The third-order valence-electron chi connectivity index (χ3n) is 4.62. The van der Waals surface area contributed by atoms with Gasteiger partial charge in [0.1, 0.15) is 18.4 Å². The lowest BCUT2D eigenvalue weighted by atomic mass is 10.1. The van der Waals surface area contributed by atoms with E-state index in [0.717, 1.165) is 32.5 Å². The van der Waals surface area contributed by atoms with Crippen LogP contribution in [-0.4, -0.2) is 65.1 Å². The van der Waals surface area contributed by atoms with Crippen LogP contribution in [0, 0.1) is 0 Å². The van der Waals surface area contributed by atoms with Gasteiger partial charge >= 0.3 is 5.97 Å². The van der Waals surface area contributed by atoms with Gasteiger partial charge in [-0.2, -0.15) is 0 Å². The molecule has 1 aromatic rings. The van der Waals surface area contributed by atoms with Gasteiger partial charge in [0.05, 0.1) is 0 Å². The van der Waals surface area contributed by atoms with Crippen LogP contribution < -0.4 is 4.74 Å². The highest BCUT2D eigenvalue weighted by Crippen LogP contribution is 2.30. The molecule has 1 N–H and O–H groups in total. The molecular weight excluding hydrogens is 320 g/mol. The smallest absolute Gasteiger partial charge is 0.326 e. The topological polar surface area (TPSA) is 70.1 Å². The van der Waals surface area contributed by atoms with Crippen LogP contribution in [0.3, 0.4) is 0 Å². The Kier molecular flexibility index (Phi) is 6.82. The summed E-state index contributed by atoms with van der Waals surface area (Å²) in [4.78, 5) is 27.7. The van der Waals surface area contributed by atoms with Gasteiger partial charge in [-0.3, -0.25) is 4.79 Å². The van der Waals surface area contributed by atoms with Crippen molar-refractivity contribution < 1.29 is 19.4 Å². The van der Waals surface area contributed by atoms with E-state index in [1.165, 1.54) is 4.90 Å². The molecule has 1 aromatic carbocycles. The first-order valence-electron chi connectivity index (χ1n) is 8.98. The Balaban J connectivity index is 1.96. The van der Waals surface area contributed by atoms with Gasteiger partial charge < -0.3 is 19.6 Å². The summed E-state index contributed by atoms with van der Waals surface area (Å²) in [7, 11) is 0. The number of carboxylic acid groups (broad SMARTS) is 1. The van der Waals surface area contributed by atoms with Gasteiger partial charge in [-0.15, -0.1) is 0 Å². The Morgan fingerprint density at radius 1 is 1.20 bits per heavy atom. The lowest BCUT2D eigenvalue weighted by Gasteiger charge is -2.26. The summed E-state index contributed by atoms with van der Waals surface area (Å²) < 4.78 is 5.72. The molecule has 6 heteroatoms. The van der Waals surface area contributed by atoms with Crippen LogP contribution in [0.25, 0.3) is 0 Å². The maximum Gasteiger partial charge on any atom is 0.326 e. The highest BCUT2D eigenvalue weighted by molar-refractivity contribution is 5.97. The number of hydrogen-bond acceptors (Lipinski definition) is 4. The number of amides is 1. The Morgan fingerprint density at radius 3 is 2.28 bits per heavy atom. The van der Waals surface area contributed by atoms with Gasteiger partial charge in [-0.05, 0) is 57.1 Å². The number of carboxylic acids is 1. The zero-order valence-electron chi connectivity index (χ0n) is 15.3. The molecule has 1 fully saturated rings. The maximum atomic E-state index is 12.7. The van der Waals surface area contributed by atoms with Gasteiger partial charge in [0, 0.05) is 18.2 Å². The summed E-state index contributed by atoms with van der Waals surface area (Å²) in [6.45, 7) is 9.24. The van der Waals surface area contributed by atoms with Crippen LogP contribution in [0.5, 0.6) is 5.75 Å². The van der Waals surface area contributed by atoms with Crippen LogP contribution in [0.15, 0.2) is 24.3 Å². The van der Waals surface area contributed by atoms with Crippen molar-refractivity contribution in [1.82, 2.24) is 9.80 Å².